The Morgan fingerprint density at radius 2 is 2.00 bits per heavy atom. The van der Waals surface area contributed by atoms with Gasteiger partial charge in [-0.3, -0.25) is 0 Å². The maximum atomic E-state index is 11.6. The second kappa shape index (κ2) is 8.25. The SMILES string of the molecule is CC(C)OC(=O)NS(=O)(=O)N(C)CCOCCO. The fourth-order valence-corrected chi connectivity index (χ4v) is 1.63. The van der Waals surface area contributed by atoms with Crippen molar-refractivity contribution in [2.45, 2.75) is 20.0 Å². The minimum atomic E-state index is -3.93. The van der Waals surface area contributed by atoms with Crippen LogP contribution in [0.15, 0.2) is 0 Å². The second-order valence-corrected chi connectivity index (χ2v) is 5.50. The van der Waals surface area contributed by atoms with Gasteiger partial charge in [-0.25, -0.2) is 9.52 Å². The molecule has 0 aromatic rings. The predicted molar refractivity (Wildman–Crippen MR) is 64.2 cm³/mol. The highest BCUT2D eigenvalue weighted by atomic mass is 32.2. The summed E-state index contributed by atoms with van der Waals surface area (Å²) in [5, 5.41) is 8.46. The van der Waals surface area contributed by atoms with Gasteiger partial charge in [0.1, 0.15) is 0 Å². The maximum Gasteiger partial charge on any atom is 0.422 e. The molecule has 108 valence electrons. The molecule has 0 unspecified atom stereocenters. The number of amides is 1. The van der Waals surface area contributed by atoms with E-state index in [1.54, 1.807) is 18.6 Å². The first-order valence-corrected chi connectivity index (χ1v) is 6.87. The Labute approximate surface area is 107 Å². The zero-order valence-corrected chi connectivity index (χ0v) is 11.6. The van der Waals surface area contributed by atoms with Crippen molar-refractivity contribution < 1.29 is 27.8 Å². The molecular formula is C9H20N2O6S. The number of aliphatic hydroxyl groups excluding tert-OH is 1. The van der Waals surface area contributed by atoms with Crippen LogP contribution in [0.4, 0.5) is 4.79 Å². The first-order chi connectivity index (χ1) is 8.29. The van der Waals surface area contributed by atoms with Crippen molar-refractivity contribution in [1.29, 1.82) is 0 Å². The number of likely N-dealkylation sites (N-methyl/N-ethyl adjacent to an activating group) is 1. The Hall–Kier alpha value is -0.900. The summed E-state index contributed by atoms with van der Waals surface area (Å²) in [7, 11) is -2.63. The summed E-state index contributed by atoms with van der Waals surface area (Å²) in [4.78, 5) is 11.1. The lowest BCUT2D eigenvalue weighted by Crippen LogP contribution is -2.43. The van der Waals surface area contributed by atoms with E-state index in [2.05, 4.69) is 4.74 Å². The Morgan fingerprint density at radius 3 is 2.50 bits per heavy atom. The Morgan fingerprint density at radius 1 is 1.39 bits per heavy atom. The van der Waals surface area contributed by atoms with Crippen LogP contribution in [-0.2, 0) is 19.7 Å². The molecular weight excluding hydrogens is 264 g/mol. The van der Waals surface area contributed by atoms with Crippen molar-refractivity contribution >= 4 is 16.3 Å². The van der Waals surface area contributed by atoms with Crippen LogP contribution in [0.5, 0.6) is 0 Å². The molecule has 2 N–H and O–H groups in total. The van der Waals surface area contributed by atoms with Gasteiger partial charge < -0.3 is 14.6 Å². The highest BCUT2D eigenvalue weighted by molar-refractivity contribution is 7.87. The zero-order valence-electron chi connectivity index (χ0n) is 10.7. The molecule has 0 spiro atoms. The third-order valence-corrected chi connectivity index (χ3v) is 3.18. The smallest absolute Gasteiger partial charge is 0.422 e. The van der Waals surface area contributed by atoms with E-state index >= 15 is 0 Å². The van der Waals surface area contributed by atoms with E-state index in [9.17, 15) is 13.2 Å². The highest BCUT2D eigenvalue weighted by Gasteiger charge is 2.21. The minimum Gasteiger partial charge on any atom is -0.446 e. The Balaban J connectivity index is 4.15. The molecule has 0 aliphatic rings. The van der Waals surface area contributed by atoms with Gasteiger partial charge in [-0.1, -0.05) is 0 Å². The lowest BCUT2D eigenvalue weighted by Gasteiger charge is -2.17. The van der Waals surface area contributed by atoms with Crippen molar-refractivity contribution in [3.8, 4) is 0 Å². The summed E-state index contributed by atoms with van der Waals surface area (Å²) in [6.07, 6.45) is -1.42. The van der Waals surface area contributed by atoms with Crippen molar-refractivity contribution in [3.63, 3.8) is 0 Å². The van der Waals surface area contributed by atoms with Crippen molar-refractivity contribution in [1.82, 2.24) is 9.03 Å². The van der Waals surface area contributed by atoms with Crippen LogP contribution in [0.3, 0.4) is 0 Å². The summed E-state index contributed by atoms with van der Waals surface area (Å²) in [5.74, 6) is 0. The van der Waals surface area contributed by atoms with Crippen LogP contribution in [0.1, 0.15) is 13.8 Å². The second-order valence-electron chi connectivity index (χ2n) is 3.72. The highest BCUT2D eigenvalue weighted by Crippen LogP contribution is 1.96. The number of rotatable bonds is 8. The molecule has 0 rings (SSSR count). The summed E-state index contributed by atoms with van der Waals surface area (Å²) in [5.41, 5.74) is 0. The molecule has 9 heteroatoms. The van der Waals surface area contributed by atoms with Crippen molar-refractivity contribution in [3.05, 3.63) is 0 Å². The predicted octanol–water partition coefficient (Wildman–Crippen LogP) is -0.693. The van der Waals surface area contributed by atoms with Gasteiger partial charge in [0.25, 0.3) is 0 Å². The molecule has 0 aliphatic carbocycles. The molecule has 0 atom stereocenters. The van der Waals surface area contributed by atoms with Crippen molar-refractivity contribution in [2.24, 2.45) is 0 Å². The lowest BCUT2D eigenvalue weighted by atomic mass is 10.5. The number of carbonyl (C=O) groups is 1. The van der Waals surface area contributed by atoms with E-state index in [1.807, 2.05) is 0 Å². The summed E-state index contributed by atoms with van der Waals surface area (Å²) in [6, 6.07) is 0. The van der Waals surface area contributed by atoms with E-state index < -0.39 is 22.4 Å². The number of carbonyl (C=O) groups excluding carboxylic acids is 1. The van der Waals surface area contributed by atoms with E-state index in [0.717, 1.165) is 4.31 Å². The zero-order chi connectivity index (χ0) is 14.2. The van der Waals surface area contributed by atoms with Crippen LogP contribution < -0.4 is 4.72 Å². The van der Waals surface area contributed by atoms with Gasteiger partial charge >= 0.3 is 16.3 Å². The Kier molecular flexibility index (Phi) is 7.83. The number of aliphatic hydroxyl groups is 1. The van der Waals surface area contributed by atoms with Gasteiger partial charge in [-0.15, -0.1) is 0 Å². The van der Waals surface area contributed by atoms with E-state index in [4.69, 9.17) is 9.84 Å². The maximum absolute atomic E-state index is 11.6. The fraction of sp³-hybridized carbons (Fsp3) is 0.889. The van der Waals surface area contributed by atoms with E-state index in [1.165, 1.54) is 7.05 Å². The number of nitrogens with one attached hydrogen (secondary N) is 1. The molecule has 1 amide bonds. The van der Waals surface area contributed by atoms with Gasteiger partial charge in [-0.05, 0) is 13.8 Å². The van der Waals surface area contributed by atoms with Gasteiger partial charge in [0.2, 0.25) is 0 Å². The fourth-order valence-electron chi connectivity index (χ4n) is 0.901. The van der Waals surface area contributed by atoms with Crippen molar-refractivity contribution in [2.75, 3.05) is 33.4 Å². The normalized spacial score (nSPS) is 11.9. The molecule has 0 fully saturated rings. The first-order valence-electron chi connectivity index (χ1n) is 5.43. The standard InChI is InChI=1S/C9H20N2O6S/c1-8(2)17-9(13)10-18(14,15)11(3)4-6-16-7-5-12/h8,12H,4-7H2,1-3H3,(H,10,13). The third-order valence-electron chi connectivity index (χ3n) is 1.75. The van der Waals surface area contributed by atoms with Gasteiger partial charge in [0.15, 0.2) is 0 Å². The lowest BCUT2D eigenvalue weighted by molar-refractivity contribution is 0.0873. The average molecular weight is 284 g/mol. The molecule has 8 nitrogen and oxygen atoms in total. The molecule has 18 heavy (non-hydrogen) atoms. The first kappa shape index (κ1) is 17.1. The largest absolute Gasteiger partial charge is 0.446 e. The van der Waals surface area contributed by atoms with E-state index in [-0.39, 0.29) is 26.4 Å². The van der Waals surface area contributed by atoms with Crippen LogP contribution in [-0.4, -0.2) is 63.4 Å². The van der Waals surface area contributed by atoms with Crippen LogP contribution in [0.2, 0.25) is 0 Å². The van der Waals surface area contributed by atoms with Gasteiger partial charge in [0.05, 0.1) is 25.9 Å². The summed E-state index contributed by atoms with van der Waals surface area (Å²) in [6.45, 7) is 3.41. The number of nitrogens with zero attached hydrogens (tertiary/aromatic N) is 1. The number of hydrogen-bond donors (Lipinski definition) is 2. The Bertz CT molecular complexity index is 343. The number of hydrogen-bond acceptors (Lipinski definition) is 6. The van der Waals surface area contributed by atoms with Crippen LogP contribution in [0.25, 0.3) is 0 Å². The molecule has 0 aromatic carbocycles. The average Bonchev–Trinajstić information content (AvgIpc) is 2.21. The molecule has 0 aromatic heterocycles. The van der Waals surface area contributed by atoms with Crippen LogP contribution >= 0.6 is 0 Å². The summed E-state index contributed by atoms with van der Waals surface area (Å²) >= 11 is 0. The number of ether oxygens (including phenoxy) is 2. The van der Waals surface area contributed by atoms with E-state index in [0.29, 0.717) is 0 Å². The molecule has 0 heterocycles. The van der Waals surface area contributed by atoms with Gasteiger partial charge in [0, 0.05) is 13.6 Å². The topological polar surface area (TPSA) is 105 Å². The molecule has 0 aliphatic heterocycles. The molecule has 0 saturated carbocycles. The molecule has 0 bridgehead atoms. The monoisotopic (exact) mass is 284 g/mol. The van der Waals surface area contributed by atoms with Crippen LogP contribution in [0, 0.1) is 0 Å². The molecule has 0 saturated heterocycles. The minimum absolute atomic E-state index is 0.0598. The van der Waals surface area contributed by atoms with Gasteiger partial charge in [-0.2, -0.15) is 12.7 Å². The third kappa shape index (κ3) is 7.43. The summed E-state index contributed by atoms with van der Waals surface area (Å²) < 4.78 is 35.5. The molecule has 0 radical (unpaired) electrons. The quantitative estimate of drug-likeness (QED) is 0.571.